The third-order valence-corrected chi connectivity index (χ3v) is 6.90. The van der Waals surface area contributed by atoms with E-state index in [0.717, 1.165) is 5.56 Å². The van der Waals surface area contributed by atoms with E-state index in [2.05, 4.69) is 10.3 Å². The molecule has 1 atom stereocenters. The van der Waals surface area contributed by atoms with E-state index in [1.165, 1.54) is 11.8 Å². The lowest BCUT2D eigenvalue weighted by atomic mass is 10.2. The van der Waals surface area contributed by atoms with E-state index >= 15 is 0 Å². The Kier molecular flexibility index (Phi) is 7.77. The molecular formula is C25H21Cl2N3O3S. The molecular weight excluding hydrogens is 493 g/mol. The Morgan fingerprint density at radius 3 is 2.59 bits per heavy atom. The van der Waals surface area contributed by atoms with Gasteiger partial charge < -0.3 is 10.1 Å². The lowest BCUT2D eigenvalue weighted by Gasteiger charge is -2.32. The van der Waals surface area contributed by atoms with Gasteiger partial charge in [-0.1, -0.05) is 59.2 Å². The van der Waals surface area contributed by atoms with E-state index < -0.39 is 5.25 Å². The summed E-state index contributed by atoms with van der Waals surface area (Å²) in [6, 6.07) is 21.4. The van der Waals surface area contributed by atoms with E-state index in [0.29, 0.717) is 32.3 Å². The van der Waals surface area contributed by atoms with Gasteiger partial charge in [0.15, 0.2) is 5.17 Å². The summed E-state index contributed by atoms with van der Waals surface area (Å²) in [6.45, 7) is 0.253. The van der Waals surface area contributed by atoms with Crippen molar-refractivity contribution in [2.75, 3.05) is 12.4 Å². The first kappa shape index (κ1) is 24.1. The van der Waals surface area contributed by atoms with Gasteiger partial charge in [0.2, 0.25) is 11.8 Å². The molecule has 0 radical (unpaired) electrons. The highest BCUT2D eigenvalue weighted by Crippen LogP contribution is 2.32. The Labute approximate surface area is 211 Å². The van der Waals surface area contributed by atoms with Gasteiger partial charge in [-0.3, -0.25) is 14.5 Å². The van der Waals surface area contributed by atoms with Gasteiger partial charge in [-0.25, -0.2) is 4.99 Å². The molecule has 1 saturated heterocycles. The standard InChI is InChI=1S/C25H21Cl2N3O3S/c1-33-20-11-9-18(10-12-20)29-25-30(15-16-5-2-3-8-21(16)27)23(31)14-22(34-25)24(32)28-19-7-4-6-17(26)13-19/h2-13,22H,14-15H2,1H3,(H,28,32). The van der Waals surface area contributed by atoms with Crippen molar-refractivity contribution in [1.29, 1.82) is 0 Å². The Morgan fingerprint density at radius 2 is 1.88 bits per heavy atom. The van der Waals surface area contributed by atoms with Crippen LogP contribution in [0.5, 0.6) is 5.75 Å². The summed E-state index contributed by atoms with van der Waals surface area (Å²) in [6.07, 6.45) is 0.0309. The fourth-order valence-corrected chi connectivity index (χ4v) is 4.83. The first-order chi connectivity index (χ1) is 16.4. The van der Waals surface area contributed by atoms with E-state index in [4.69, 9.17) is 27.9 Å². The fraction of sp³-hybridized carbons (Fsp3) is 0.160. The van der Waals surface area contributed by atoms with Gasteiger partial charge in [-0.15, -0.1) is 0 Å². The molecule has 1 aliphatic heterocycles. The average molecular weight is 514 g/mol. The largest absolute Gasteiger partial charge is 0.497 e. The molecule has 0 aliphatic carbocycles. The molecule has 1 fully saturated rings. The molecule has 1 N–H and O–H groups in total. The molecule has 3 aromatic rings. The first-order valence-electron chi connectivity index (χ1n) is 10.4. The van der Waals surface area contributed by atoms with Gasteiger partial charge >= 0.3 is 0 Å². The molecule has 0 spiro atoms. The number of thioether (sulfide) groups is 1. The zero-order valence-corrected chi connectivity index (χ0v) is 20.5. The molecule has 2 amide bonds. The summed E-state index contributed by atoms with van der Waals surface area (Å²) in [5, 5.41) is 3.69. The maximum Gasteiger partial charge on any atom is 0.238 e. The first-order valence-corrected chi connectivity index (χ1v) is 12.1. The number of nitrogens with one attached hydrogen (secondary N) is 1. The molecule has 9 heteroatoms. The number of rotatable bonds is 6. The molecule has 6 nitrogen and oxygen atoms in total. The quantitative estimate of drug-likeness (QED) is 0.428. The number of halogens is 2. The molecule has 34 heavy (non-hydrogen) atoms. The van der Waals surface area contributed by atoms with Gasteiger partial charge in [0, 0.05) is 22.2 Å². The highest BCUT2D eigenvalue weighted by molar-refractivity contribution is 8.15. The molecule has 1 aliphatic rings. The van der Waals surface area contributed by atoms with E-state index in [1.807, 2.05) is 18.2 Å². The van der Waals surface area contributed by atoms with Crippen molar-refractivity contribution in [1.82, 2.24) is 4.90 Å². The van der Waals surface area contributed by atoms with Crippen molar-refractivity contribution >= 4 is 63.3 Å². The number of ether oxygens (including phenoxy) is 1. The van der Waals surface area contributed by atoms with Crippen LogP contribution in [0.1, 0.15) is 12.0 Å². The molecule has 4 rings (SSSR count). The van der Waals surface area contributed by atoms with Crippen LogP contribution in [-0.2, 0) is 16.1 Å². The summed E-state index contributed by atoms with van der Waals surface area (Å²) >= 11 is 13.6. The number of hydrogen-bond acceptors (Lipinski definition) is 5. The van der Waals surface area contributed by atoms with Gasteiger partial charge in [0.05, 0.1) is 19.3 Å². The van der Waals surface area contributed by atoms with Crippen LogP contribution < -0.4 is 10.1 Å². The highest BCUT2D eigenvalue weighted by atomic mass is 35.5. The maximum atomic E-state index is 13.2. The summed E-state index contributed by atoms with van der Waals surface area (Å²) in [5.41, 5.74) is 2.00. The SMILES string of the molecule is COc1ccc(N=C2SC(C(=O)Nc3cccc(Cl)c3)CC(=O)N2Cc2ccccc2Cl)cc1. The van der Waals surface area contributed by atoms with Crippen LogP contribution in [0.25, 0.3) is 0 Å². The minimum atomic E-state index is -0.647. The topological polar surface area (TPSA) is 71.0 Å². The number of amides is 2. The molecule has 1 heterocycles. The zero-order valence-electron chi connectivity index (χ0n) is 18.2. The van der Waals surface area contributed by atoms with Crippen molar-refractivity contribution in [3.05, 3.63) is 88.4 Å². The number of carbonyl (C=O) groups is 2. The second-order valence-electron chi connectivity index (χ2n) is 7.47. The van der Waals surface area contributed by atoms with Crippen LogP contribution in [0.4, 0.5) is 11.4 Å². The third-order valence-electron chi connectivity index (χ3n) is 5.11. The lowest BCUT2D eigenvalue weighted by molar-refractivity contribution is -0.129. The predicted octanol–water partition coefficient (Wildman–Crippen LogP) is 6.16. The molecule has 1 unspecified atom stereocenters. The zero-order chi connectivity index (χ0) is 24.1. The number of methoxy groups -OCH3 is 1. The van der Waals surface area contributed by atoms with E-state index in [9.17, 15) is 9.59 Å². The normalized spacial score (nSPS) is 17.0. The Morgan fingerprint density at radius 1 is 1.12 bits per heavy atom. The number of carbonyl (C=O) groups excluding carboxylic acids is 2. The molecule has 0 bridgehead atoms. The van der Waals surface area contributed by atoms with E-state index in [1.54, 1.807) is 66.6 Å². The minimum Gasteiger partial charge on any atom is -0.497 e. The lowest BCUT2D eigenvalue weighted by Crippen LogP contribution is -2.44. The van der Waals surface area contributed by atoms with Crippen LogP contribution in [0.2, 0.25) is 10.0 Å². The Hall–Kier alpha value is -3.00. The van der Waals surface area contributed by atoms with Crippen molar-refractivity contribution < 1.29 is 14.3 Å². The summed E-state index contributed by atoms with van der Waals surface area (Å²) in [7, 11) is 1.59. The second-order valence-corrected chi connectivity index (χ2v) is 9.49. The summed E-state index contributed by atoms with van der Waals surface area (Å²) in [4.78, 5) is 32.4. The van der Waals surface area contributed by atoms with Crippen molar-refractivity contribution in [2.45, 2.75) is 18.2 Å². The average Bonchev–Trinajstić information content (AvgIpc) is 2.82. The fourth-order valence-electron chi connectivity index (χ4n) is 3.35. The predicted molar refractivity (Wildman–Crippen MR) is 138 cm³/mol. The van der Waals surface area contributed by atoms with Crippen LogP contribution in [0, 0.1) is 0 Å². The van der Waals surface area contributed by atoms with Crippen LogP contribution in [0.15, 0.2) is 77.8 Å². The number of anilines is 1. The van der Waals surface area contributed by atoms with Crippen molar-refractivity contribution in [3.63, 3.8) is 0 Å². The Bertz CT molecular complexity index is 1230. The van der Waals surface area contributed by atoms with Crippen LogP contribution in [-0.4, -0.2) is 34.2 Å². The number of nitrogens with zero attached hydrogens (tertiary/aromatic N) is 2. The number of benzene rings is 3. The van der Waals surface area contributed by atoms with Gasteiger partial charge in [-0.2, -0.15) is 0 Å². The number of amidine groups is 1. The molecule has 0 aromatic heterocycles. The smallest absolute Gasteiger partial charge is 0.238 e. The minimum absolute atomic E-state index is 0.0309. The third kappa shape index (κ3) is 5.91. The van der Waals surface area contributed by atoms with Gasteiger partial charge in [0.1, 0.15) is 11.0 Å². The number of hydrogen-bond donors (Lipinski definition) is 1. The van der Waals surface area contributed by atoms with Crippen molar-refractivity contribution in [3.8, 4) is 5.75 Å². The Balaban J connectivity index is 1.61. The maximum absolute atomic E-state index is 13.2. The van der Waals surface area contributed by atoms with Crippen molar-refractivity contribution in [2.24, 2.45) is 4.99 Å². The summed E-state index contributed by atoms with van der Waals surface area (Å²) < 4.78 is 5.21. The van der Waals surface area contributed by atoms with Gasteiger partial charge in [-0.05, 0) is 54.1 Å². The van der Waals surface area contributed by atoms with E-state index in [-0.39, 0.29) is 24.8 Å². The molecule has 3 aromatic carbocycles. The molecule has 174 valence electrons. The van der Waals surface area contributed by atoms with Gasteiger partial charge in [0.25, 0.3) is 0 Å². The summed E-state index contributed by atoms with van der Waals surface area (Å²) in [5.74, 6) is 0.195. The highest BCUT2D eigenvalue weighted by Gasteiger charge is 2.36. The molecule has 0 saturated carbocycles. The monoisotopic (exact) mass is 513 g/mol. The number of aliphatic imine (C=N–C) groups is 1. The van der Waals surface area contributed by atoms with Crippen LogP contribution >= 0.6 is 35.0 Å². The van der Waals surface area contributed by atoms with Crippen LogP contribution in [0.3, 0.4) is 0 Å². The second kappa shape index (κ2) is 11.0.